The highest BCUT2D eigenvalue weighted by Gasteiger charge is 2.18. The van der Waals surface area contributed by atoms with Gasteiger partial charge in [0.2, 0.25) is 0 Å². The molecule has 3 heterocycles. The fraction of sp³-hybridized carbons (Fsp3) is 0.0213. The molecule has 0 N–H and O–H groups in total. The number of aromatic nitrogens is 3. The van der Waals surface area contributed by atoms with E-state index in [4.69, 9.17) is 14.4 Å². The van der Waals surface area contributed by atoms with E-state index in [-0.39, 0.29) is 0 Å². The van der Waals surface area contributed by atoms with Crippen molar-refractivity contribution in [2.24, 2.45) is 0 Å². The van der Waals surface area contributed by atoms with E-state index < -0.39 is 0 Å². The van der Waals surface area contributed by atoms with Crippen LogP contribution >= 0.6 is 0 Å². The highest BCUT2D eigenvalue weighted by molar-refractivity contribution is 6.14. The van der Waals surface area contributed by atoms with Crippen LogP contribution in [0.25, 0.3) is 94.5 Å². The first-order chi connectivity index (χ1) is 25.2. The second-order valence-electron chi connectivity index (χ2n) is 12.6. The summed E-state index contributed by atoms with van der Waals surface area (Å²) < 4.78 is 8.77. The maximum absolute atomic E-state index is 6.46. The number of para-hydroxylation sites is 1. The van der Waals surface area contributed by atoms with Crippen molar-refractivity contribution in [2.75, 3.05) is 0 Å². The van der Waals surface area contributed by atoms with Crippen LogP contribution in [0.3, 0.4) is 0 Å². The van der Waals surface area contributed by atoms with Crippen molar-refractivity contribution in [3.63, 3.8) is 0 Å². The van der Waals surface area contributed by atoms with E-state index in [0.717, 1.165) is 77.9 Å². The molecule has 0 unspecified atom stereocenters. The molecule has 0 saturated heterocycles. The topological polar surface area (TPSA) is 43.9 Å². The predicted molar refractivity (Wildman–Crippen MR) is 213 cm³/mol. The van der Waals surface area contributed by atoms with Crippen LogP contribution in [0.1, 0.15) is 6.92 Å². The van der Waals surface area contributed by atoms with Crippen molar-refractivity contribution in [3.05, 3.63) is 176 Å². The van der Waals surface area contributed by atoms with Crippen molar-refractivity contribution < 1.29 is 4.42 Å². The van der Waals surface area contributed by atoms with E-state index in [1.807, 2.05) is 61.5 Å². The standard InChI is InChI=1S/C47H33N3O/c1-3-14-35(15-4-2)50-42-22-12-11-20-36(42)38-28-33(24-26-43(38)50)34-25-27-44-39(29-34)46-37(21-13-23-45(46)51-44)47-48-40(31-16-7-5-8-17-31)30-41(49-47)32-18-9-6-10-19-32/h3-30H,1H2,2H3/b15-4-,35-14+. The number of fused-ring (bicyclic) bond motifs is 6. The maximum Gasteiger partial charge on any atom is 0.161 e. The average Bonchev–Trinajstić information content (AvgIpc) is 3.73. The molecule has 0 amide bonds. The highest BCUT2D eigenvalue weighted by atomic mass is 16.3. The third-order valence-corrected chi connectivity index (χ3v) is 9.49. The number of hydrogen-bond donors (Lipinski definition) is 0. The zero-order valence-electron chi connectivity index (χ0n) is 28.1. The van der Waals surface area contributed by atoms with Crippen LogP contribution in [0, 0.1) is 0 Å². The molecule has 9 aromatic rings. The van der Waals surface area contributed by atoms with Crippen LogP contribution in [0.4, 0.5) is 0 Å². The summed E-state index contributed by atoms with van der Waals surface area (Å²) in [5.41, 5.74) is 12.0. The van der Waals surface area contributed by atoms with Crippen molar-refractivity contribution in [3.8, 4) is 45.0 Å². The van der Waals surface area contributed by atoms with E-state index >= 15 is 0 Å². The van der Waals surface area contributed by atoms with Gasteiger partial charge in [0.25, 0.3) is 0 Å². The lowest BCUT2D eigenvalue weighted by molar-refractivity contribution is 0.669. The van der Waals surface area contributed by atoms with Gasteiger partial charge >= 0.3 is 0 Å². The molecule has 51 heavy (non-hydrogen) atoms. The zero-order chi connectivity index (χ0) is 34.3. The van der Waals surface area contributed by atoms with Crippen LogP contribution in [-0.2, 0) is 0 Å². The minimum absolute atomic E-state index is 0.660. The van der Waals surface area contributed by atoms with E-state index in [2.05, 4.69) is 126 Å². The first-order valence-corrected chi connectivity index (χ1v) is 17.1. The number of benzene rings is 6. The predicted octanol–water partition coefficient (Wildman–Crippen LogP) is 12.8. The molecule has 0 bridgehead atoms. The van der Waals surface area contributed by atoms with Gasteiger partial charge in [-0.3, -0.25) is 0 Å². The Kier molecular flexibility index (Phi) is 7.48. The molecule has 9 rings (SSSR count). The summed E-state index contributed by atoms with van der Waals surface area (Å²) in [6.45, 7) is 6.01. The average molecular weight is 656 g/mol. The van der Waals surface area contributed by atoms with Gasteiger partial charge in [-0.15, -0.1) is 0 Å². The number of allylic oxidation sites excluding steroid dienone is 5. The lowest BCUT2D eigenvalue weighted by Gasteiger charge is -2.10. The molecule has 242 valence electrons. The van der Waals surface area contributed by atoms with Crippen molar-refractivity contribution in [1.29, 1.82) is 0 Å². The zero-order valence-corrected chi connectivity index (χ0v) is 28.1. The first kappa shape index (κ1) is 30.3. The summed E-state index contributed by atoms with van der Waals surface area (Å²) in [5, 5.41) is 4.43. The van der Waals surface area contributed by atoms with Gasteiger partial charge in [-0.25, -0.2) is 9.97 Å². The fourth-order valence-corrected chi connectivity index (χ4v) is 7.20. The van der Waals surface area contributed by atoms with Crippen LogP contribution < -0.4 is 0 Å². The molecule has 0 fully saturated rings. The third kappa shape index (κ3) is 5.25. The van der Waals surface area contributed by atoms with Gasteiger partial charge in [0.15, 0.2) is 5.82 Å². The molecule has 0 aliphatic carbocycles. The SMILES string of the molecule is C=C/C=C(\C=C/C)n1c2ccccc2c2cc(-c3ccc4oc5cccc(-c6nc(-c7ccccc7)cc(-c7ccccc7)n6)c5c4c3)ccc21. The molecule has 0 radical (unpaired) electrons. The molecule has 0 spiro atoms. The van der Waals surface area contributed by atoms with E-state index in [1.54, 1.807) is 0 Å². The van der Waals surface area contributed by atoms with E-state index in [1.165, 1.54) is 10.8 Å². The van der Waals surface area contributed by atoms with Gasteiger partial charge in [-0.1, -0.05) is 122 Å². The highest BCUT2D eigenvalue weighted by Crippen LogP contribution is 2.40. The summed E-state index contributed by atoms with van der Waals surface area (Å²) in [7, 11) is 0. The second kappa shape index (κ2) is 12.6. The summed E-state index contributed by atoms with van der Waals surface area (Å²) >= 11 is 0. The monoisotopic (exact) mass is 655 g/mol. The van der Waals surface area contributed by atoms with Crippen LogP contribution in [-0.4, -0.2) is 14.5 Å². The Bertz CT molecular complexity index is 2760. The molecule has 4 heteroatoms. The quantitative estimate of drug-likeness (QED) is 0.161. The molecule has 4 nitrogen and oxygen atoms in total. The number of furan rings is 1. The van der Waals surface area contributed by atoms with E-state index in [9.17, 15) is 0 Å². The Morgan fingerprint density at radius 3 is 1.94 bits per heavy atom. The van der Waals surface area contributed by atoms with Crippen LogP contribution in [0.5, 0.6) is 0 Å². The van der Waals surface area contributed by atoms with E-state index in [0.29, 0.717) is 5.82 Å². The normalized spacial score (nSPS) is 12.1. The molecule has 3 aromatic heterocycles. The smallest absolute Gasteiger partial charge is 0.161 e. The molecule has 0 aliphatic heterocycles. The van der Waals surface area contributed by atoms with Crippen LogP contribution in [0.2, 0.25) is 0 Å². The summed E-state index contributed by atoms with van der Waals surface area (Å²) in [6.07, 6.45) is 8.08. The van der Waals surface area contributed by atoms with Crippen molar-refractivity contribution >= 4 is 49.4 Å². The minimum atomic E-state index is 0.660. The maximum atomic E-state index is 6.46. The Hall–Kier alpha value is -6.78. The molecule has 0 aliphatic rings. The minimum Gasteiger partial charge on any atom is -0.456 e. The Morgan fingerprint density at radius 1 is 0.588 bits per heavy atom. The Balaban J connectivity index is 1.23. The fourth-order valence-electron chi connectivity index (χ4n) is 7.20. The molecule has 6 aromatic carbocycles. The second-order valence-corrected chi connectivity index (χ2v) is 12.6. The van der Waals surface area contributed by atoms with Gasteiger partial charge in [-0.05, 0) is 72.7 Å². The van der Waals surface area contributed by atoms with Crippen molar-refractivity contribution in [2.45, 2.75) is 6.92 Å². The lowest BCUT2D eigenvalue weighted by Crippen LogP contribution is -1.96. The number of rotatable bonds is 7. The number of nitrogens with zero attached hydrogens (tertiary/aromatic N) is 3. The Labute approximate surface area is 296 Å². The van der Waals surface area contributed by atoms with Gasteiger partial charge in [0.05, 0.1) is 22.4 Å². The lowest BCUT2D eigenvalue weighted by atomic mass is 9.99. The van der Waals surface area contributed by atoms with Gasteiger partial charge < -0.3 is 8.98 Å². The van der Waals surface area contributed by atoms with Crippen LogP contribution in [0.15, 0.2) is 181 Å². The third-order valence-electron chi connectivity index (χ3n) is 9.49. The molecular weight excluding hydrogens is 623 g/mol. The molecule has 0 saturated carbocycles. The summed E-state index contributed by atoms with van der Waals surface area (Å²) in [6, 6.07) is 50.6. The Morgan fingerprint density at radius 2 is 1.24 bits per heavy atom. The van der Waals surface area contributed by atoms with Gasteiger partial charge in [0, 0.05) is 43.9 Å². The molecular formula is C47H33N3O. The van der Waals surface area contributed by atoms with Crippen molar-refractivity contribution in [1.82, 2.24) is 14.5 Å². The largest absolute Gasteiger partial charge is 0.456 e. The molecule has 0 atom stereocenters. The van der Waals surface area contributed by atoms with Gasteiger partial charge in [-0.2, -0.15) is 0 Å². The summed E-state index contributed by atoms with van der Waals surface area (Å²) in [4.78, 5) is 10.3. The van der Waals surface area contributed by atoms with Gasteiger partial charge in [0.1, 0.15) is 11.2 Å². The first-order valence-electron chi connectivity index (χ1n) is 17.1. The number of hydrogen-bond acceptors (Lipinski definition) is 3. The summed E-state index contributed by atoms with van der Waals surface area (Å²) in [5.74, 6) is 0.660.